The molecule has 1 aromatic heterocycles. The summed E-state index contributed by atoms with van der Waals surface area (Å²) >= 11 is 5.65. The predicted molar refractivity (Wildman–Crippen MR) is 61.8 cm³/mol. The van der Waals surface area contributed by atoms with E-state index >= 15 is 0 Å². The molecule has 3 N–H and O–H groups in total. The van der Waals surface area contributed by atoms with Gasteiger partial charge in [-0.3, -0.25) is 9.59 Å². The molecule has 6 nitrogen and oxygen atoms in total. The van der Waals surface area contributed by atoms with Gasteiger partial charge in [0.2, 0.25) is 5.91 Å². The van der Waals surface area contributed by atoms with Crippen molar-refractivity contribution in [3.8, 4) is 0 Å². The van der Waals surface area contributed by atoms with Crippen LogP contribution in [0.3, 0.4) is 0 Å². The molecule has 1 aliphatic rings. The summed E-state index contributed by atoms with van der Waals surface area (Å²) in [4.78, 5) is 27.6. The van der Waals surface area contributed by atoms with Crippen LogP contribution in [0.4, 0.5) is 11.5 Å². The average molecular weight is 256 g/mol. The van der Waals surface area contributed by atoms with Crippen molar-refractivity contribution in [1.82, 2.24) is 4.98 Å². The number of amides is 1. The molecule has 0 spiro atoms. The highest BCUT2D eigenvalue weighted by Gasteiger charge is 2.35. The fourth-order valence-electron chi connectivity index (χ4n) is 1.78. The number of carboxylic acid groups (broad SMARTS) is 1. The fourth-order valence-corrected chi connectivity index (χ4v) is 1.93. The van der Waals surface area contributed by atoms with Gasteiger partial charge in [0, 0.05) is 13.0 Å². The first-order valence-electron chi connectivity index (χ1n) is 4.94. The van der Waals surface area contributed by atoms with Gasteiger partial charge in [0.15, 0.2) is 0 Å². The van der Waals surface area contributed by atoms with E-state index in [2.05, 4.69) is 4.98 Å². The molecule has 1 saturated heterocycles. The summed E-state index contributed by atoms with van der Waals surface area (Å²) in [6.45, 7) is 0.113. The molecule has 2 heterocycles. The molecular weight excluding hydrogens is 246 g/mol. The Bertz CT molecular complexity index is 492. The van der Waals surface area contributed by atoms with Gasteiger partial charge in [-0.15, -0.1) is 0 Å². The number of aliphatic carboxylic acids is 1. The third-order valence-corrected chi connectivity index (χ3v) is 2.84. The van der Waals surface area contributed by atoms with Gasteiger partial charge >= 0.3 is 5.97 Å². The second-order valence-corrected chi connectivity index (χ2v) is 4.17. The molecule has 0 aromatic carbocycles. The van der Waals surface area contributed by atoms with Gasteiger partial charge in [-0.1, -0.05) is 11.6 Å². The van der Waals surface area contributed by atoms with Crippen LogP contribution in [0.15, 0.2) is 12.1 Å². The maximum atomic E-state index is 11.7. The smallest absolute Gasteiger partial charge is 0.308 e. The average Bonchev–Trinajstić information content (AvgIpc) is 2.61. The van der Waals surface area contributed by atoms with Crippen LogP contribution in [0.1, 0.15) is 6.42 Å². The van der Waals surface area contributed by atoms with Crippen molar-refractivity contribution in [3.05, 3.63) is 17.3 Å². The van der Waals surface area contributed by atoms with Gasteiger partial charge in [-0.05, 0) is 12.1 Å². The second kappa shape index (κ2) is 4.21. The number of carbonyl (C=O) groups excluding carboxylic acids is 1. The quantitative estimate of drug-likeness (QED) is 0.761. The minimum absolute atomic E-state index is 0.0165. The zero-order valence-electron chi connectivity index (χ0n) is 8.76. The van der Waals surface area contributed by atoms with Gasteiger partial charge in [0.1, 0.15) is 11.0 Å². The van der Waals surface area contributed by atoms with Crippen LogP contribution in [0.5, 0.6) is 0 Å². The summed E-state index contributed by atoms with van der Waals surface area (Å²) in [7, 11) is 0. The first-order chi connectivity index (χ1) is 7.99. The van der Waals surface area contributed by atoms with Crippen molar-refractivity contribution in [3.63, 3.8) is 0 Å². The second-order valence-electron chi connectivity index (χ2n) is 3.78. The van der Waals surface area contributed by atoms with Crippen LogP contribution < -0.4 is 10.6 Å². The van der Waals surface area contributed by atoms with E-state index in [1.165, 1.54) is 11.0 Å². The SMILES string of the molecule is Nc1nc(Cl)ccc1N1CC(C(=O)O)CC1=O. The Balaban J connectivity index is 2.29. The van der Waals surface area contributed by atoms with Crippen LogP contribution in [0, 0.1) is 5.92 Å². The highest BCUT2D eigenvalue weighted by molar-refractivity contribution is 6.29. The number of nitrogens with zero attached hydrogens (tertiary/aromatic N) is 2. The molecular formula is C10H10ClN3O3. The number of aromatic nitrogens is 1. The zero-order valence-corrected chi connectivity index (χ0v) is 9.52. The number of pyridine rings is 1. The Morgan fingerprint density at radius 1 is 1.59 bits per heavy atom. The zero-order chi connectivity index (χ0) is 12.6. The maximum absolute atomic E-state index is 11.7. The van der Waals surface area contributed by atoms with Crippen molar-refractivity contribution in [2.24, 2.45) is 5.92 Å². The number of hydrogen-bond acceptors (Lipinski definition) is 4. The van der Waals surface area contributed by atoms with Gasteiger partial charge in [0.05, 0.1) is 11.6 Å². The Labute approximate surface area is 102 Å². The van der Waals surface area contributed by atoms with E-state index in [0.717, 1.165) is 0 Å². The van der Waals surface area contributed by atoms with E-state index in [-0.39, 0.29) is 29.8 Å². The third-order valence-electron chi connectivity index (χ3n) is 2.63. The number of carbonyl (C=O) groups is 2. The molecule has 1 fully saturated rings. The molecule has 7 heteroatoms. The lowest BCUT2D eigenvalue weighted by atomic mass is 10.1. The number of rotatable bonds is 2. The lowest BCUT2D eigenvalue weighted by Gasteiger charge is -2.17. The van der Waals surface area contributed by atoms with Crippen LogP contribution >= 0.6 is 11.6 Å². The maximum Gasteiger partial charge on any atom is 0.308 e. The molecule has 2 rings (SSSR count). The van der Waals surface area contributed by atoms with Crippen LogP contribution in [-0.4, -0.2) is 28.5 Å². The molecule has 0 radical (unpaired) electrons. The Morgan fingerprint density at radius 3 is 2.82 bits per heavy atom. The van der Waals surface area contributed by atoms with Gasteiger partial charge in [-0.2, -0.15) is 0 Å². The summed E-state index contributed by atoms with van der Waals surface area (Å²) < 4.78 is 0. The Kier molecular flexibility index (Phi) is 2.89. The lowest BCUT2D eigenvalue weighted by molar-refractivity contribution is -0.141. The summed E-state index contributed by atoms with van der Waals surface area (Å²) in [5.41, 5.74) is 6.05. The fraction of sp³-hybridized carbons (Fsp3) is 0.300. The largest absolute Gasteiger partial charge is 0.481 e. The van der Waals surface area contributed by atoms with Crippen molar-refractivity contribution >= 4 is 35.0 Å². The van der Waals surface area contributed by atoms with E-state index in [9.17, 15) is 9.59 Å². The molecule has 0 bridgehead atoms. The molecule has 1 unspecified atom stereocenters. The van der Waals surface area contributed by atoms with E-state index in [0.29, 0.717) is 5.69 Å². The minimum Gasteiger partial charge on any atom is -0.481 e. The molecule has 1 amide bonds. The van der Waals surface area contributed by atoms with Crippen molar-refractivity contribution in [2.75, 3.05) is 17.2 Å². The molecule has 1 atom stereocenters. The van der Waals surface area contributed by atoms with Crippen LogP contribution in [0.25, 0.3) is 0 Å². The molecule has 1 aromatic rings. The topological polar surface area (TPSA) is 96.5 Å². The van der Waals surface area contributed by atoms with Gasteiger partial charge < -0.3 is 15.7 Å². The summed E-state index contributed by atoms with van der Waals surface area (Å²) in [6, 6.07) is 3.07. The van der Waals surface area contributed by atoms with Gasteiger partial charge in [-0.25, -0.2) is 4.98 Å². The van der Waals surface area contributed by atoms with Gasteiger partial charge in [0.25, 0.3) is 0 Å². The number of nitrogens with two attached hydrogens (primary N) is 1. The van der Waals surface area contributed by atoms with Crippen molar-refractivity contribution < 1.29 is 14.7 Å². The number of anilines is 2. The van der Waals surface area contributed by atoms with E-state index in [1.54, 1.807) is 6.07 Å². The summed E-state index contributed by atoms with van der Waals surface area (Å²) in [5, 5.41) is 9.09. The molecule has 1 aliphatic heterocycles. The molecule has 90 valence electrons. The summed E-state index contributed by atoms with van der Waals surface area (Å²) in [5.74, 6) is -1.83. The molecule has 17 heavy (non-hydrogen) atoms. The number of nitrogen functional groups attached to an aromatic ring is 1. The minimum atomic E-state index is -0.985. The van der Waals surface area contributed by atoms with Crippen LogP contribution in [0.2, 0.25) is 5.15 Å². The number of hydrogen-bond donors (Lipinski definition) is 2. The number of halogens is 1. The number of carboxylic acids is 1. The van der Waals surface area contributed by atoms with E-state index in [4.69, 9.17) is 22.4 Å². The van der Waals surface area contributed by atoms with E-state index in [1.807, 2.05) is 0 Å². The predicted octanol–water partition coefficient (Wildman–Crippen LogP) is 0.755. The first kappa shape index (κ1) is 11.7. The Hall–Kier alpha value is -1.82. The molecule has 0 aliphatic carbocycles. The Morgan fingerprint density at radius 2 is 2.29 bits per heavy atom. The molecule has 0 saturated carbocycles. The van der Waals surface area contributed by atoms with Crippen molar-refractivity contribution in [1.29, 1.82) is 0 Å². The standard InChI is InChI=1S/C10H10ClN3O3/c11-7-2-1-6(9(12)13-7)14-4-5(10(16)17)3-8(14)15/h1-2,5H,3-4H2,(H2,12,13)(H,16,17). The lowest BCUT2D eigenvalue weighted by Crippen LogP contribution is -2.26. The monoisotopic (exact) mass is 255 g/mol. The van der Waals surface area contributed by atoms with Crippen molar-refractivity contribution in [2.45, 2.75) is 6.42 Å². The highest BCUT2D eigenvalue weighted by Crippen LogP contribution is 2.29. The first-order valence-corrected chi connectivity index (χ1v) is 5.32. The normalized spacial score (nSPS) is 19.7. The van der Waals surface area contributed by atoms with E-state index < -0.39 is 11.9 Å². The third kappa shape index (κ3) is 2.16. The van der Waals surface area contributed by atoms with Crippen LogP contribution in [-0.2, 0) is 9.59 Å². The summed E-state index contributed by atoms with van der Waals surface area (Å²) in [6.07, 6.45) is -0.0165. The highest BCUT2D eigenvalue weighted by atomic mass is 35.5.